The van der Waals surface area contributed by atoms with Gasteiger partial charge in [0.25, 0.3) is 5.91 Å². The number of nitriles is 1. The number of carbonyl (C=O) groups excluding carboxylic acids is 1. The number of hydrogen-bond acceptors (Lipinski definition) is 5. The molecule has 2 fully saturated rings. The number of hydrogen-bond donors (Lipinski definition) is 0. The molecule has 1 atom stereocenters. The van der Waals surface area contributed by atoms with Gasteiger partial charge < -0.3 is 19.4 Å². The van der Waals surface area contributed by atoms with Crippen LogP contribution in [0, 0.1) is 11.3 Å². The van der Waals surface area contributed by atoms with Crippen molar-refractivity contribution < 1.29 is 9.53 Å². The van der Waals surface area contributed by atoms with Crippen LogP contribution in [0.4, 0.5) is 5.69 Å². The number of amides is 1. The van der Waals surface area contributed by atoms with Gasteiger partial charge in [0.2, 0.25) is 0 Å². The first-order chi connectivity index (χ1) is 11.7. The largest absolute Gasteiger partial charge is 0.370 e. The van der Waals surface area contributed by atoms with Crippen molar-refractivity contribution in [3.8, 4) is 6.07 Å². The van der Waals surface area contributed by atoms with Gasteiger partial charge in [-0.3, -0.25) is 4.79 Å². The van der Waals surface area contributed by atoms with Crippen molar-refractivity contribution in [3.63, 3.8) is 0 Å². The van der Waals surface area contributed by atoms with Crippen molar-refractivity contribution >= 4 is 11.6 Å². The van der Waals surface area contributed by atoms with Crippen molar-refractivity contribution in [3.05, 3.63) is 29.8 Å². The minimum Gasteiger partial charge on any atom is -0.370 e. The Morgan fingerprint density at radius 1 is 1.17 bits per heavy atom. The van der Waals surface area contributed by atoms with Crippen LogP contribution >= 0.6 is 0 Å². The predicted molar refractivity (Wildman–Crippen MR) is 91.8 cm³/mol. The Morgan fingerprint density at radius 2 is 1.96 bits per heavy atom. The van der Waals surface area contributed by atoms with Gasteiger partial charge in [0.15, 0.2) is 0 Å². The molecular formula is C18H24N4O2. The van der Waals surface area contributed by atoms with Gasteiger partial charge in [0.1, 0.15) is 6.10 Å². The summed E-state index contributed by atoms with van der Waals surface area (Å²) in [5.41, 5.74) is 1.78. The molecule has 0 saturated carbocycles. The van der Waals surface area contributed by atoms with Gasteiger partial charge >= 0.3 is 0 Å². The minimum atomic E-state index is -0.329. The topological polar surface area (TPSA) is 59.8 Å². The van der Waals surface area contributed by atoms with Gasteiger partial charge in [0, 0.05) is 45.0 Å². The zero-order chi connectivity index (χ0) is 16.9. The lowest BCUT2D eigenvalue weighted by Gasteiger charge is -2.32. The number of likely N-dealkylation sites (N-methyl/N-ethyl adjacent to an activating group) is 1. The lowest BCUT2D eigenvalue weighted by molar-refractivity contribution is -0.148. The van der Waals surface area contributed by atoms with Crippen LogP contribution in [-0.2, 0) is 9.53 Å². The van der Waals surface area contributed by atoms with Crippen LogP contribution in [0.25, 0.3) is 0 Å². The summed E-state index contributed by atoms with van der Waals surface area (Å²) >= 11 is 0. The van der Waals surface area contributed by atoms with Crippen LogP contribution in [0.5, 0.6) is 0 Å². The molecule has 0 aliphatic carbocycles. The second kappa shape index (κ2) is 7.65. The van der Waals surface area contributed by atoms with Gasteiger partial charge in [-0.2, -0.15) is 5.26 Å². The molecule has 1 unspecified atom stereocenters. The van der Waals surface area contributed by atoms with Gasteiger partial charge in [-0.15, -0.1) is 0 Å². The Labute approximate surface area is 143 Å². The zero-order valence-electron chi connectivity index (χ0n) is 14.1. The summed E-state index contributed by atoms with van der Waals surface area (Å²) in [5.74, 6) is 0.114. The Kier molecular flexibility index (Phi) is 5.34. The fourth-order valence-electron chi connectivity index (χ4n) is 3.27. The van der Waals surface area contributed by atoms with E-state index in [1.54, 1.807) is 0 Å². The third-order valence-corrected chi connectivity index (χ3v) is 4.71. The van der Waals surface area contributed by atoms with E-state index in [0.717, 1.165) is 38.3 Å². The smallest absolute Gasteiger partial charge is 0.253 e. The highest BCUT2D eigenvalue weighted by atomic mass is 16.5. The summed E-state index contributed by atoms with van der Waals surface area (Å²) in [7, 11) is 2.03. The lowest BCUT2D eigenvalue weighted by Crippen LogP contribution is -2.50. The van der Waals surface area contributed by atoms with Crippen molar-refractivity contribution in [2.45, 2.75) is 12.5 Å². The Hall–Kier alpha value is -2.10. The first-order valence-electron chi connectivity index (χ1n) is 8.51. The fourth-order valence-corrected chi connectivity index (χ4v) is 3.27. The normalized spacial score (nSPS) is 22.8. The summed E-state index contributed by atoms with van der Waals surface area (Å²) in [6.07, 6.45) is 0.610. The van der Waals surface area contributed by atoms with Crippen LogP contribution in [0.3, 0.4) is 0 Å². The molecule has 6 heteroatoms. The van der Waals surface area contributed by atoms with Crippen LogP contribution in [0.1, 0.15) is 12.0 Å². The summed E-state index contributed by atoms with van der Waals surface area (Å²) in [4.78, 5) is 19.1. The van der Waals surface area contributed by atoms with E-state index in [-0.39, 0.29) is 12.0 Å². The molecule has 0 N–H and O–H groups in total. The Morgan fingerprint density at radius 3 is 2.67 bits per heavy atom. The van der Waals surface area contributed by atoms with Crippen molar-refractivity contribution in [1.82, 2.24) is 9.80 Å². The number of morpholine rings is 1. The number of anilines is 1. The maximum absolute atomic E-state index is 12.7. The van der Waals surface area contributed by atoms with Crippen molar-refractivity contribution in [1.29, 1.82) is 5.26 Å². The number of ether oxygens (including phenoxy) is 1. The van der Waals surface area contributed by atoms with Crippen molar-refractivity contribution in [2.24, 2.45) is 0 Å². The quantitative estimate of drug-likeness (QED) is 0.808. The first kappa shape index (κ1) is 16.7. The molecule has 2 saturated heterocycles. The molecule has 2 aliphatic heterocycles. The number of nitrogens with zero attached hydrogens (tertiary/aromatic N) is 4. The van der Waals surface area contributed by atoms with Crippen LogP contribution in [-0.4, -0.2) is 74.7 Å². The molecule has 0 bridgehead atoms. The van der Waals surface area contributed by atoms with Crippen LogP contribution in [0.2, 0.25) is 0 Å². The van der Waals surface area contributed by atoms with Gasteiger partial charge in [0.05, 0.1) is 18.2 Å². The average Bonchev–Trinajstić information content (AvgIpc) is 2.87. The molecule has 1 aromatic carbocycles. The average molecular weight is 328 g/mol. The monoisotopic (exact) mass is 328 g/mol. The summed E-state index contributed by atoms with van der Waals surface area (Å²) in [5, 5.41) is 8.90. The molecule has 24 heavy (non-hydrogen) atoms. The maximum atomic E-state index is 12.7. The third-order valence-electron chi connectivity index (χ3n) is 4.71. The van der Waals surface area contributed by atoms with E-state index in [1.807, 2.05) is 36.2 Å². The molecule has 1 amide bonds. The number of benzene rings is 1. The SMILES string of the molecule is CN1CCOC(C(=O)N2CCCN(c3ccc(C#N)cc3)CC2)C1. The summed E-state index contributed by atoms with van der Waals surface area (Å²) in [6, 6.07) is 9.79. The fraction of sp³-hybridized carbons (Fsp3) is 0.556. The molecule has 3 rings (SSSR count). The molecular weight excluding hydrogens is 304 g/mol. The Bertz CT molecular complexity index is 610. The van der Waals surface area contributed by atoms with Crippen molar-refractivity contribution in [2.75, 3.05) is 57.8 Å². The molecule has 128 valence electrons. The number of carbonyl (C=O) groups is 1. The van der Waals surface area contributed by atoms with E-state index >= 15 is 0 Å². The second-order valence-corrected chi connectivity index (χ2v) is 6.45. The molecule has 2 heterocycles. The van der Waals surface area contributed by atoms with E-state index in [4.69, 9.17) is 10.00 Å². The van der Waals surface area contributed by atoms with E-state index in [1.165, 1.54) is 0 Å². The van der Waals surface area contributed by atoms with Gasteiger partial charge in [-0.05, 0) is 37.7 Å². The van der Waals surface area contributed by atoms with Gasteiger partial charge in [-0.25, -0.2) is 0 Å². The molecule has 2 aliphatic rings. The molecule has 6 nitrogen and oxygen atoms in total. The van der Waals surface area contributed by atoms with E-state index in [2.05, 4.69) is 15.9 Å². The molecule has 0 spiro atoms. The highest BCUT2D eigenvalue weighted by molar-refractivity contribution is 5.81. The highest BCUT2D eigenvalue weighted by Crippen LogP contribution is 2.18. The predicted octanol–water partition coefficient (Wildman–Crippen LogP) is 0.928. The second-order valence-electron chi connectivity index (χ2n) is 6.45. The van der Waals surface area contributed by atoms with Crippen LogP contribution < -0.4 is 4.90 Å². The highest BCUT2D eigenvalue weighted by Gasteiger charge is 2.30. The molecule has 0 aromatic heterocycles. The van der Waals surface area contributed by atoms with Gasteiger partial charge in [-0.1, -0.05) is 0 Å². The molecule has 0 radical (unpaired) electrons. The summed E-state index contributed by atoms with van der Waals surface area (Å²) in [6.45, 7) is 5.39. The molecule has 1 aromatic rings. The zero-order valence-corrected chi connectivity index (χ0v) is 14.1. The minimum absolute atomic E-state index is 0.114. The van der Waals surface area contributed by atoms with E-state index in [0.29, 0.717) is 25.3 Å². The number of rotatable bonds is 2. The standard InChI is InChI=1S/C18H24N4O2/c1-20-11-12-24-17(14-20)18(23)22-8-2-7-21(9-10-22)16-5-3-15(13-19)4-6-16/h3-6,17H,2,7-12,14H2,1H3. The first-order valence-corrected chi connectivity index (χ1v) is 8.51. The Balaban J connectivity index is 1.60. The van der Waals surface area contributed by atoms with Crippen LogP contribution in [0.15, 0.2) is 24.3 Å². The summed E-state index contributed by atoms with van der Waals surface area (Å²) < 4.78 is 5.66. The lowest BCUT2D eigenvalue weighted by atomic mass is 10.2. The maximum Gasteiger partial charge on any atom is 0.253 e. The third kappa shape index (κ3) is 3.86. The van der Waals surface area contributed by atoms with E-state index < -0.39 is 0 Å². The van der Waals surface area contributed by atoms with E-state index in [9.17, 15) is 4.79 Å².